The molecule has 1 heterocycles. The van der Waals surface area contributed by atoms with Gasteiger partial charge in [-0.3, -0.25) is 9.59 Å². The Hall–Kier alpha value is -2.50. The Kier molecular flexibility index (Phi) is 6.29. The van der Waals surface area contributed by atoms with Crippen molar-refractivity contribution in [3.63, 3.8) is 0 Å². The van der Waals surface area contributed by atoms with Crippen molar-refractivity contribution < 1.29 is 22.7 Å². The van der Waals surface area contributed by atoms with Gasteiger partial charge in [-0.25, -0.2) is 23.3 Å². The van der Waals surface area contributed by atoms with Crippen LogP contribution in [0.25, 0.3) is 0 Å². The second-order valence-corrected chi connectivity index (χ2v) is 7.46. The summed E-state index contributed by atoms with van der Waals surface area (Å²) in [6, 6.07) is 5.17. The monoisotopic (exact) mass is 397 g/mol. The van der Waals surface area contributed by atoms with Gasteiger partial charge in [0.25, 0.3) is 5.56 Å². The number of nitrogens with two attached hydrogens (primary N) is 1. The van der Waals surface area contributed by atoms with Crippen LogP contribution in [0.4, 0.5) is 0 Å². The first-order valence-electron chi connectivity index (χ1n) is 7.27. The molecule has 1 aromatic carbocycles. The number of nitrogens with one attached hydrogen (secondary N) is 1. The molecule has 0 fully saturated rings. The minimum absolute atomic E-state index is 0.0452. The number of carbonyl (C=O) groups excluding carboxylic acids is 2. The first-order valence-corrected chi connectivity index (χ1v) is 9.81. The summed E-state index contributed by atoms with van der Waals surface area (Å²) >= 11 is 0.970. The maximum Gasteiger partial charge on any atom is 0.345 e. The lowest BCUT2D eigenvalue weighted by Crippen LogP contribution is -2.21. The van der Waals surface area contributed by atoms with Crippen LogP contribution in [0.15, 0.2) is 45.3 Å². The van der Waals surface area contributed by atoms with Gasteiger partial charge in [0.1, 0.15) is 5.56 Å². The van der Waals surface area contributed by atoms with E-state index < -0.39 is 21.6 Å². The number of benzene rings is 1. The number of sulfonamides is 1. The third kappa shape index (κ3) is 5.00. The van der Waals surface area contributed by atoms with E-state index in [-0.39, 0.29) is 39.3 Å². The number of primary sulfonamides is 1. The van der Waals surface area contributed by atoms with E-state index in [1.54, 1.807) is 6.92 Å². The third-order valence-electron chi connectivity index (χ3n) is 3.12. The van der Waals surface area contributed by atoms with Crippen molar-refractivity contribution in [2.24, 2.45) is 5.14 Å². The van der Waals surface area contributed by atoms with Crippen LogP contribution in [0.2, 0.25) is 0 Å². The predicted molar refractivity (Wildman–Crippen MR) is 93.7 cm³/mol. The van der Waals surface area contributed by atoms with Crippen molar-refractivity contribution in [1.29, 1.82) is 0 Å². The van der Waals surface area contributed by atoms with Crippen molar-refractivity contribution in [3.8, 4) is 0 Å². The van der Waals surface area contributed by atoms with Crippen molar-refractivity contribution in [2.75, 3.05) is 12.4 Å². The van der Waals surface area contributed by atoms with Gasteiger partial charge in [0.05, 0.1) is 17.3 Å². The van der Waals surface area contributed by atoms with Gasteiger partial charge in [-0.15, -0.1) is 0 Å². The lowest BCUT2D eigenvalue weighted by atomic mass is 10.1. The van der Waals surface area contributed by atoms with Gasteiger partial charge in [-0.05, 0) is 19.1 Å². The number of aromatic nitrogens is 2. The lowest BCUT2D eigenvalue weighted by Gasteiger charge is -2.04. The highest BCUT2D eigenvalue weighted by atomic mass is 32.2. The summed E-state index contributed by atoms with van der Waals surface area (Å²) in [5.74, 6) is -1.12. The maximum absolute atomic E-state index is 12.1. The summed E-state index contributed by atoms with van der Waals surface area (Å²) in [4.78, 5) is 41.7. The smallest absolute Gasteiger partial charge is 0.345 e. The summed E-state index contributed by atoms with van der Waals surface area (Å²) in [5.41, 5.74) is -0.595. The molecule has 0 spiro atoms. The highest BCUT2D eigenvalue weighted by Gasteiger charge is 2.14. The van der Waals surface area contributed by atoms with Crippen LogP contribution in [0, 0.1) is 0 Å². The van der Waals surface area contributed by atoms with Gasteiger partial charge in [0.15, 0.2) is 10.9 Å². The third-order valence-corrected chi connectivity index (χ3v) is 4.93. The number of H-pyrrole nitrogens is 1. The van der Waals surface area contributed by atoms with Crippen LogP contribution in [-0.4, -0.2) is 42.5 Å². The minimum Gasteiger partial charge on any atom is -0.462 e. The molecule has 0 amide bonds. The molecular weight excluding hydrogens is 382 g/mol. The van der Waals surface area contributed by atoms with Crippen LogP contribution in [-0.2, 0) is 14.8 Å². The van der Waals surface area contributed by atoms with Crippen LogP contribution in [0.1, 0.15) is 27.6 Å². The SMILES string of the molecule is CCOC(=O)c1cnc(SCC(=O)c2ccc(S(N)(=O)=O)cc2)[nH]c1=O. The minimum atomic E-state index is -3.82. The molecule has 138 valence electrons. The second-order valence-electron chi connectivity index (χ2n) is 4.93. The number of ether oxygens (including phenoxy) is 1. The van der Waals surface area contributed by atoms with Crippen molar-refractivity contribution in [2.45, 2.75) is 17.0 Å². The molecule has 3 N–H and O–H groups in total. The fraction of sp³-hybridized carbons (Fsp3) is 0.200. The number of Topliss-reactive ketones (excluding diaryl/α,β-unsaturated/α-hetero) is 1. The zero-order valence-corrected chi connectivity index (χ0v) is 15.2. The molecule has 2 aromatic rings. The molecule has 0 radical (unpaired) electrons. The summed E-state index contributed by atoms with van der Waals surface area (Å²) in [5, 5.41) is 5.16. The predicted octanol–water partition coefficient (Wildman–Crippen LogP) is 0.569. The number of hydrogen-bond donors (Lipinski definition) is 2. The fourth-order valence-electron chi connectivity index (χ4n) is 1.85. The van der Waals surface area contributed by atoms with Crippen molar-refractivity contribution >= 4 is 33.5 Å². The standard InChI is InChI=1S/C15H15N3O6S2/c1-2-24-14(21)11-7-17-15(18-13(11)20)25-8-12(19)9-3-5-10(6-4-9)26(16,22)23/h3-7H,2,8H2,1H3,(H2,16,22,23)(H,17,18,20). The Morgan fingerprint density at radius 3 is 2.46 bits per heavy atom. The fourth-order valence-corrected chi connectivity index (χ4v) is 3.10. The number of hydrogen-bond acceptors (Lipinski definition) is 8. The summed E-state index contributed by atoms with van der Waals surface area (Å²) in [6.07, 6.45) is 1.09. The molecule has 0 unspecified atom stereocenters. The van der Waals surface area contributed by atoms with E-state index in [9.17, 15) is 22.8 Å². The normalized spacial score (nSPS) is 11.2. The number of ketones is 1. The van der Waals surface area contributed by atoms with Crippen molar-refractivity contribution in [3.05, 3.63) is 51.9 Å². The summed E-state index contributed by atoms with van der Waals surface area (Å²) < 4.78 is 27.1. The van der Waals surface area contributed by atoms with Gasteiger partial charge < -0.3 is 9.72 Å². The average Bonchev–Trinajstić information content (AvgIpc) is 2.59. The van der Waals surface area contributed by atoms with Gasteiger partial charge in [-0.1, -0.05) is 23.9 Å². The molecule has 0 saturated heterocycles. The maximum atomic E-state index is 12.1. The topological polar surface area (TPSA) is 149 Å². The number of aromatic amines is 1. The second kappa shape index (κ2) is 8.25. The number of esters is 1. The molecule has 0 bridgehead atoms. The van der Waals surface area contributed by atoms with E-state index in [0.29, 0.717) is 0 Å². The van der Waals surface area contributed by atoms with E-state index >= 15 is 0 Å². The molecule has 0 atom stereocenters. The van der Waals surface area contributed by atoms with Gasteiger partial charge in [0, 0.05) is 11.8 Å². The molecule has 9 nitrogen and oxygen atoms in total. The Bertz CT molecular complexity index is 983. The number of nitrogens with zero attached hydrogens (tertiary/aromatic N) is 1. The van der Waals surface area contributed by atoms with Crippen LogP contribution in [0.3, 0.4) is 0 Å². The number of rotatable bonds is 7. The quantitative estimate of drug-likeness (QED) is 0.298. The Balaban J connectivity index is 2.04. The van der Waals surface area contributed by atoms with E-state index in [0.717, 1.165) is 18.0 Å². The Labute approximate surface area is 153 Å². The van der Waals surface area contributed by atoms with Crippen molar-refractivity contribution in [1.82, 2.24) is 9.97 Å². The zero-order valence-electron chi connectivity index (χ0n) is 13.6. The summed E-state index contributed by atoms with van der Waals surface area (Å²) in [6.45, 7) is 1.75. The first kappa shape index (κ1) is 19.8. The molecule has 11 heteroatoms. The van der Waals surface area contributed by atoms with Gasteiger partial charge >= 0.3 is 5.97 Å². The highest BCUT2D eigenvalue weighted by molar-refractivity contribution is 7.99. The van der Waals surface area contributed by atoms with E-state index in [1.807, 2.05) is 0 Å². The molecule has 0 aliphatic rings. The molecule has 2 rings (SSSR count). The molecule has 1 aromatic heterocycles. The van der Waals surface area contributed by atoms with E-state index in [1.165, 1.54) is 24.3 Å². The Morgan fingerprint density at radius 1 is 1.27 bits per heavy atom. The summed E-state index contributed by atoms with van der Waals surface area (Å²) in [7, 11) is -3.82. The molecule has 0 aliphatic heterocycles. The molecule has 0 saturated carbocycles. The molecule has 26 heavy (non-hydrogen) atoms. The molecular formula is C15H15N3O6S2. The van der Waals surface area contributed by atoms with E-state index in [2.05, 4.69) is 9.97 Å². The van der Waals surface area contributed by atoms with Gasteiger partial charge in [0.2, 0.25) is 10.0 Å². The Morgan fingerprint density at radius 2 is 1.92 bits per heavy atom. The van der Waals surface area contributed by atoms with Crippen LogP contribution in [0.5, 0.6) is 0 Å². The lowest BCUT2D eigenvalue weighted by molar-refractivity contribution is 0.0523. The largest absolute Gasteiger partial charge is 0.462 e. The zero-order chi connectivity index (χ0) is 19.3. The van der Waals surface area contributed by atoms with Gasteiger partial charge in [-0.2, -0.15) is 0 Å². The molecule has 0 aliphatic carbocycles. The number of carbonyl (C=O) groups is 2. The first-order chi connectivity index (χ1) is 12.2. The van der Waals surface area contributed by atoms with Crippen LogP contribution >= 0.6 is 11.8 Å². The van der Waals surface area contributed by atoms with Crippen LogP contribution < -0.4 is 10.7 Å². The number of thioether (sulfide) groups is 1. The highest BCUT2D eigenvalue weighted by Crippen LogP contribution is 2.15. The van der Waals surface area contributed by atoms with E-state index in [4.69, 9.17) is 9.88 Å². The average molecular weight is 397 g/mol.